The molecule has 27 heavy (non-hydrogen) atoms. The van der Waals surface area contributed by atoms with Gasteiger partial charge in [-0.3, -0.25) is 0 Å². The van der Waals surface area contributed by atoms with Crippen molar-refractivity contribution < 1.29 is 25.9 Å². The van der Waals surface area contributed by atoms with E-state index in [0.717, 1.165) is 42.8 Å². The van der Waals surface area contributed by atoms with Gasteiger partial charge in [0.15, 0.2) is 0 Å². The van der Waals surface area contributed by atoms with Crippen LogP contribution in [-0.2, 0) is 20.2 Å². The summed E-state index contributed by atoms with van der Waals surface area (Å²) in [5, 5.41) is 1.59. The van der Waals surface area contributed by atoms with E-state index in [2.05, 4.69) is 0 Å². The molecule has 2 heterocycles. The van der Waals surface area contributed by atoms with Gasteiger partial charge in [0.25, 0.3) is 0 Å². The van der Waals surface area contributed by atoms with Crippen molar-refractivity contribution in [1.82, 2.24) is 0 Å². The Labute approximate surface area is 194 Å². The van der Waals surface area contributed by atoms with Gasteiger partial charge >= 0.3 is 37.7 Å². The fourth-order valence-corrected chi connectivity index (χ4v) is 5.65. The van der Waals surface area contributed by atoms with Crippen LogP contribution in [0.25, 0.3) is 20.2 Å². The summed E-state index contributed by atoms with van der Waals surface area (Å²) < 4.78 is 65.3. The molecule has 2 aromatic carbocycles. The van der Waals surface area contributed by atoms with Crippen LogP contribution in [0.3, 0.4) is 0 Å². The van der Waals surface area contributed by atoms with E-state index in [-0.39, 0.29) is 46.2 Å². The molecule has 0 radical (unpaired) electrons. The summed E-state index contributed by atoms with van der Waals surface area (Å²) in [6, 6.07) is 17.2. The standard InChI is InChI=1S/2C8H6O3S2.Ca/c2*9-13(10,11)8-5-6-3-1-2-4-7(6)12-8;/h2*1-5H,(H,9,10,11);/q;;+2/p-2. The van der Waals surface area contributed by atoms with Gasteiger partial charge in [0.05, 0.1) is 0 Å². The van der Waals surface area contributed by atoms with Crippen LogP contribution in [0, 0.1) is 0 Å². The first kappa shape index (κ1) is 22.7. The predicted molar refractivity (Wildman–Crippen MR) is 105 cm³/mol. The molecule has 2 aromatic heterocycles. The van der Waals surface area contributed by atoms with E-state index >= 15 is 0 Å². The van der Waals surface area contributed by atoms with Gasteiger partial charge in [-0.25, -0.2) is 16.8 Å². The van der Waals surface area contributed by atoms with E-state index in [1.807, 2.05) is 0 Å². The summed E-state index contributed by atoms with van der Waals surface area (Å²) in [6.07, 6.45) is 0. The van der Waals surface area contributed by atoms with Gasteiger partial charge in [0.2, 0.25) is 0 Å². The Bertz CT molecular complexity index is 1120. The molecule has 0 saturated heterocycles. The molecule has 6 nitrogen and oxygen atoms in total. The Morgan fingerprint density at radius 2 is 0.963 bits per heavy atom. The number of fused-ring (bicyclic) bond motifs is 2. The van der Waals surface area contributed by atoms with Crippen molar-refractivity contribution in [2.45, 2.75) is 8.42 Å². The first-order valence-corrected chi connectivity index (χ1v) is 11.5. The second-order valence-corrected chi connectivity index (χ2v) is 10.5. The summed E-state index contributed by atoms with van der Waals surface area (Å²) in [5.41, 5.74) is 0. The zero-order chi connectivity index (χ0) is 18.9. The molecule has 0 spiro atoms. The van der Waals surface area contributed by atoms with Gasteiger partial charge < -0.3 is 9.11 Å². The molecular weight excluding hydrogens is 457 g/mol. The summed E-state index contributed by atoms with van der Waals surface area (Å²) in [7, 11) is -8.59. The molecule has 0 atom stereocenters. The normalized spacial score (nSPS) is 11.6. The van der Waals surface area contributed by atoms with E-state index in [1.165, 1.54) is 12.1 Å². The Morgan fingerprint density at radius 3 is 1.26 bits per heavy atom. The van der Waals surface area contributed by atoms with Crippen LogP contribution in [0.1, 0.15) is 0 Å². The monoisotopic (exact) mass is 466 g/mol. The van der Waals surface area contributed by atoms with E-state index in [9.17, 15) is 25.9 Å². The molecule has 0 aliphatic rings. The average molecular weight is 467 g/mol. The Hall–Kier alpha value is -0.560. The zero-order valence-electron chi connectivity index (χ0n) is 13.6. The minimum atomic E-state index is -4.30. The third-order valence-corrected chi connectivity index (χ3v) is 8.07. The number of hydrogen-bond acceptors (Lipinski definition) is 8. The fourth-order valence-electron chi connectivity index (χ4n) is 2.16. The van der Waals surface area contributed by atoms with E-state index < -0.39 is 20.2 Å². The SMILES string of the molecule is O=S(=O)([O-])c1cc2ccccc2s1.O=S(=O)([O-])c1cc2ccccc2s1.[Ca+2]. The smallest absolute Gasteiger partial charge is 0.743 e. The first-order chi connectivity index (χ1) is 12.1. The number of rotatable bonds is 2. The van der Waals surface area contributed by atoms with Gasteiger partial charge in [-0.15, -0.1) is 22.7 Å². The van der Waals surface area contributed by atoms with E-state index in [1.54, 1.807) is 48.5 Å². The molecule has 0 saturated carbocycles. The van der Waals surface area contributed by atoms with E-state index in [4.69, 9.17) is 0 Å². The molecule has 0 unspecified atom stereocenters. The van der Waals surface area contributed by atoms with Crippen molar-refractivity contribution in [3.05, 3.63) is 60.7 Å². The second-order valence-electron chi connectivity index (χ2n) is 5.11. The van der Waals surface area contributed by atoms with Crippen molar-refractivity contribution in [1.29, 1.82) is 0 Å². The fraction of sp³-hybridized carbons (Fsp3) is 0. The number of benzene rings is 2. The molecule has 0 N–H and O–H groups in total. The molecule has 4 aromatic rings. The van der Waals surface area contributed by atoms with Crippen molar-refractivity contribution in [2.24, 2.45) is 0 Å². The van der Waals surface area contributed by atoms with Crippen LogP contribution in [-0.4, -0.2) is 63.7 Å². The zero-order valence-corrected chi connectivity index (χ0v) is 19.0. The van der Waals surface area contributed by atoms with Crippen LogP contribution < -0.4 is 0 Å². The summed E-state index contributed by atoms with van der Waals surface area (Å²) in [4.78, 5) is 0. The van der Waals surface area contributed by atoms with Gasteiger partial charge in [-0.1, -0.05) is 36.4 Å². The predicted octanol–water partition coefficient (Wildman–Crippen LogP) is 3.23. The third kappa shape index (κ3) is 5.72. The summed E-state index contributed by atoms with van der Waals surface area (Å²) >= 11 is 2.01. The summed E-state index contributed by atoms with van der Waals surface area (Å²) in [5.74, 6) is 0. The van der Waals surface area contributed by atoms with Crippen LogP contribution in [0.15, 0.2) is 69.1 Å². The van der Waals surface area contributed by atoms with Crippen molar-refractivity contribution in [3.8, 4) is 0 Å². The van der Waals surface area contributed by atoms with Gasteiger partial charge in [-0.05, 0) is 35.0 Å². The topological polar surface area (TPSA) is 114 Å². The van der Waals surface area contributed by atoms with Crippen molar-refractivity contribution in [3.63, 3.8) is 0 Å². The molecule has 0 amide bonds. The van der Waals surface area contributed by atoms with Crippen molar-refractivity contribution in [2.75, 3.05) is 0 Å². The maximum Gasteiger partial charge on any atom is 2.00 e. The van der Waals surface area contributed by atoms with Gasteiger partial charge in [0, 0.05) is 9.40 Å². The third-order valence-electron chi connectivity index (χ3n) is 3.30. The molecule has 0 aliphatic carbocycles. The Kier molecular flexibility index (Phi) is 7.45. The Balaban J connectivity index is 0.000000187. The maximum absolute atomic E-state index is 10.7. The minimum Gasteiger partial charge on any atom is -0.743 e. The average Bonchev–Trinajstić information content (AvgIpc) is 3.19. The molecule has 136 valence electrons. The number of thiophene rings is 2. The summed E-state index contributed by atoms with van der Waals surface area (Å²) in [6.45, 7) is 0. The second kappa shape index (κ2) is 8.85. The Morgan fingerprint density at radius 1 is 0.630 bits per heavy atom. The van der Waals surface area contributed by atoms with Gasteiger partial charge in [0.1, 0.15) is 28.7 Å². The first-order valence-electron chi connectivity index (χ1n) is 7.03. The van der Waals surface area contributed by atoms with Crippen LogP contribution >= 0.6 is 22.7 Å². The molecule has 4 rings (SSSR count). The van der Waals surface area contributed by atoms with E-state index in [0.29, 0.717) is 0 Å². The maximum atomic E-state index is 10.7. The largest absolute Gasteiger partial charge is 2.00 e. The van der Waals surface area contributed by atoms with Crippen LogP contribution in [0.5, 0.6) is 0 Å². The molecule has 0 aliphatic heterocycles. The van der Waals surface area contributed by atoms with Gasteiger partial charge in [-0.2, -0.15) is 0 Å². The molecular formula is C16H10CaO6S4. The van der Waals surface area contributed by atoms with Crippen molar-refractivity contribution >= 4 is 101 Å². The quantitative estimate of drug-likeness (QED) is 0.331. The number of hydrogen-bond donors (Lipinski definition) is 0. The molecule has 0 fully saturated rings. The minimum absolute atomic E-state index is 0. The van der Waals surface area contributed by atoms with Crippen LogP contribution in [0.2, 0.25) is 0 Å². The van der Waals surface area contributed by atoms with Crippen LogP contribution in [0.4, 0.5) is 0 Å². The molecule has 0 bridgehead atoms. The molecule has 11 heteroatoms.